The Labute approximate surface area is 251 Å². The smallest absolute Gasteiger partial charge is 0.340 e. The number of hydrogen-bond donors (Lipinski definition) is 2. The Balaban J connectivity index is 0.000000324. The van der Waals surface area contributed by atoms with E-state index in [1.54, 1.807) is 9.58 Å². The molecule has 1 aliphatic rings. The summed E-state index contributed by atoms with van der Waals surface area (Å²) in [6, 6.07) is 21.8. The maximum absolute atomic E-state index is 13.2. The van der Waals surface area contributed by atoms with Gasteiger partial charge in [0.2, 0.25) is 5.91 Å². The van der Waals surface area contributed by atoms with E-state index in [1.165, 1.54) is 12.1 Å². The number of aromatic nitrogens is 2. The molecule has 0 radical (unpaired) electrons. The molecular formula is C31H29ClF3N5O3. The van der Waals surface area contributed by atoms with Gasteiger partial charge >= 0.3 is 6.18 Å². The summed E-state index contributed by atoms with van der Waals surface area (Å²) >= 11 is 5.29. The largest absolute Gasteiger partial charge is 0.416 e. The molecule has 1 aromatic heterocycles. The number of alkyl halides is 4. The highest BCUT2D eigenvalue weighted by atomic mass is 35.5. The molecule has 0 spiro atoms. The van der Waals surface area contributed by atoms with Gasteiger partial charge in [0.15, 0.2) is 0 Å². The van der Waals surface area contributed by atoms with Gasteiger partial charge in [0, 0.05) is 29.8 Å². The normalized spacial score (nSPS) is 14.3. The first-order valence-electron chi connectivity index (χ1n) is 13.4. The van der Waals surface area contributed by atoms with Crippen molar-refractivity contribution in [1.82, 2.24) is 15.1 Å². The van der Waals surface area contributed by atoms with Gasteiger partial charge in [0.05, 0.1) is 16.9 Å². The molecule has 224 valence electrons. The SMILES string of the molecule is CCN1C(=O)C(NC(=O)c2cccc(C(F)(F)F)c2)Cc2c(C)nn(-c3ccccc3)c21.O=C(CCl)Nc1ccccc1. The molecule has 3 aromatic carbocycles. The highest BCUT2D eigenvalue weighted by Gasteiger charge is 2.38. The third-order valence-electron chi connectivity index (χ3n) is 6.64. The zero-order valence-corrected chi connectivity index (χ0v) is 24.1. The molecule has 4 aromatic rings. The van der Waals surface area contributed by atoms with E-state index in [0.29, 0.717) is 18.1 Å². The summed E-state index contributed by atoms with van der Waals surface area (Å²) in [4.78, 5) is 38.2. The molecular weight excluding hydrogens is 583 g/mol. The molecule has 0 saturated carbocycles. The van der Waals surface area contributed by atoms with Crippen molar-refractivity contribution in [3.63, 3.8) is 0 Å². The van der Waals surface area contributed by atoms with Crippen LogP contribution in [0.3, 0.4) is 0 Å². The molecule has 8 nitrogen and oxygen atoms in total. The first-order chi connectivity index (χ1) is 20.5. The van der Waals surface area contributed by atoms with E-state index in [4.69, 9.17) is 11.6 Å². The Morgan fingerprint density at radius 1 is 1.00 bits per heavy atom. The topological polar surface area (TPSA) is 96.3 Å². The van der Waals surface area contributed by atoms with Crippen molar-refractivity contribution in [2.45, 2.75) is 32.5 Å². The summed E-state index contributed by atoms with van der Waals surface area (Å²) in [6.07, 6.45) is -4.36. The van der Waals surface area contributed by atoms with E-state index in [-0.39, 0.29) is 29.7 Å². The summed E-state index contributed by atoms with van der Waals surface area (Å²) in [5.74, 6) is -0.613. The van der Waals surface area contributed by atoms with Gasteiger partial charge in [0.25, 0.3) is 11.8 Å². The standard InChI is InChI=1S/C23H21F3N4O2.C8H8ClNO/c1-3-29-21-18(14(2)28-30(21)17-10-5-4-6-11-17)13-19(22(29)32)27-20(31)15-8-7-9-16(12-15)23(24,25)26;9-6-8(11)10-7-4-2-1-3-5-7/h4-12,19H,3,13H2,1-2H3,(H,27,31);1-5H,6H2,(H,10,11). The van der Waals surface area contributed by atoms with Crippen molar-refractivity contribution < 1.29 is 27.6 Å². The number of rotatable bonds is 6. The minimum Gasteiger partial charge on any atom is -0.340 e. The van der Waals surface area contributed by atoms with Gasteiger partial charge in [-0.05, 0) is 56.3 Å². The predicted octanol–water partition coefficient (Wildman–Crippen LogP) is 5.77. The van der Waals surface area contributed by atoms with Crippen LogP contribution in [0.5, 0.6) is 0 Å². The Morgan fingerprint density at radius 2 is 1.65 bits per heavy atom. The molecule has 12 heteroatoms. The lowest BCUT2D eigenvalue weighted by Crippen LogP contribution is -2.53. The van der Waals surface area contributed by atoms with E-state index < -0.39 is 23.7 Å². The Bertz CT molecular complexity index is 1590. The zero-order chi connectivity index (χ0) is 31.1. The first kappa shape index (κ1) is 31.3. The Morgan fingerprint density at radius 3 is 2.26 bits per heavy atom. The number of nitrogens with zero attached hydrogens (tertiary/aromatic N) is 3. The lowest BCUT2D eigenvalue weighted by Gasteiger charge is -2.32. The number of para-hydroxylation sites is 2. The van der Waals surface area contributed by atoms with Crippen molar-refractivity contribution in [2.24, 2.45) is 0 Å². The molecule has 1 atom stereocenters. The fourth-order valence-corrected chi connectivity index (χ4v) is 4.68. The van der Waals surface area contributed by atoms with Gasteiger partial charge < -0.3 is 10.6 Å². The average Bonchev–Trinajstić information content (AvgIpc) is 3.34. The summed E-state index contributed by atoms with van der Waals surface area (Å²) in [7, 11) is 0. The molecule has 43 heavy (non-hydrogen) atoms. The van der Waals surface area contributed by atoms with Crippen LogP contribution in [0.4, 0.5) is 24.7 Å². The third kappa shape index (κ3) is 7.42. The summed E-state index contributed by atoms with van der Waals surface area (Å²) in [6.45, 7) is 3.99. The van der Waals surface area contributed by atoms with Crippen molar-refractivity contribution >= 4 is 40.8 Å². The molecule has 0 fully saturated rings. The number of fused-ring (bicyclic) bond motifs is 1. The van der Waals surface area contributed by atoms with Gasteiger partial charge in [-0.1, -0.05) is 42.5 Å². The monoisotopic (exact) mass is 611 g/mol. The number of hydrogen-bond acceptors (Lipinski definition) is 4. The maximum atomic E-state index is 13.2. The quantitative estimate of drug-likeness (QED) is 0.271. The van der Waals surface area contributed by atoms with Crippen molar-refractivity contribution in [1.29, 1.82) is 0 Å². The van der Waals surface area contributed by atoms with E-state index >= 15 is 0 Å². The molecule has 3 amide bonds. The minimum absolute atomic E-state index is 0.00507. The first-order valence-corrected chi connectivity index (χ1v) is 13.9. The molecule has 1 unspecified atom stereocenters. The van der Waals surface area contributed by atoms with Gasteiger partial charge in [-0.2, -0.15) is 18.3 Å². The summed E-state index contributed by atoms with van der Waals surface area (Å²) in [5.41, 5.74) is 2.03. The minimum atomic E-state index is -4.56. The van der Waals surface area contributed by atoms with Crippen LogP contribution >= 0.6 is 11.6 Å². The second kappa shape index (κ2) is 13.6. The van der Waals surface area contributed by atoms with Crippen LogP contribution < -0.4 is 15.5 Å². The average molecular weight is 612 g/mol. The van der Waals surface area contributed by atoms with E-state index in [9.17, 15) is 27.6 Å². The number of anilines is 2. The van der Waals surface area contributed by atoms with Crippen molar-refractivity contribution in [3.8, 4) is 5.69 Å². The van der Waals surface area contributed by atoms with E-state index in [0.717, 1.165) is 29.1 Å². The third-order valence-corrected chi connectivity index (χ3v) is 6.88. The summed E-state index contributed by atoms with van der Waals surface area (Å²) in [5, 5.41) is 9.82. The predicted molar refractivity (Wildman–Crippen MR) is 159 cm³/mol. The number of nitrogens with one attached hydrogen (secondary N) is 2. The van der Waals surface area contributed by atoms with Crippen molar-refractivity contribution in [2.75, 3.05) is 22.6 Å². The molecule has 2 heterocycles. The Hall–Kier alpha value is -4.64. The number of aryl methyl sites for hydroxylation is 1. The number of likely N-dealkylation sites (N-methyl/N-ethyl adjacent to an activating group) is 1. The number of carbonyl (C=O) groups excluding carboxylic acids is 3. The highest BCUT2D eigenvalue weighted by Crippen LogP contribution is 2.33. The molecule has 0 bridgehead atoms. The van der Waals surface area contributed by atoms with Gasteiger partial charge in [-0.3, -0.25) is 19.3 Å². The number of carbonyl (C=O) groups is 3. The second-order valence-corrected chi connectivity index (χ2v) is 9.84. The van der Waals surface area contributed by atoms with Crippen LogP contribution in [-0.4, -0.2) is 46.0 Å². The molecule has 0 aliphatic carbocycles. The number of halogens is 4. The van der Waals surface area contributed by atoms with Gasteiger partial charge in [-0.15, -0.1) is 11.6 Å². The zero-order valence-electron chi connectivity index (χ0n) is 23.4. The lowest BCUT2D eigenvalue weighted by atomic mass is 9.99. The fraction of sp³-hybridized carbons (Fsp3) is 0.226. The van der Waals surface area contributed by atoms with Crippen LogP contribution in [0.25, 0.3) is 5.69 Å². The van der Waals surface area contributed by atoms with Crippen LogP contribution in [-0.2, 0) is 22.2 Å². The van der Waals surface area contributed by atoms with Crippen LogP contribution in [0.15, 0.2) is 84.9 Å². The maximum Gasteiger partial charge on any atom is 0.416 e. The van der Waals surface area contributed by atoms with Crippen LogP contribution in [0.2, 0.25) is 0 Å². The lowest BCUT2D eigenvalue weighted by molar-refractivity contribution is -0.137. The fourth-order valence-electron chi connectivity index (χ4n) is 4.61. The number of amides is 3. The molecule has 2 N–H and O–H groups in total. The molecule has 0 saturated heterocycles. The molecule has 5 rings (SSSR count). The van der Waals surface area contributed by atoms with E-state index in [1.807, 2.05) is 74.5 Å². The van der Waals surface area contributed by atoms with Gasteiger partial charge in [-0.25, -0.2) is 4.68 Å². The van der Waals surface area contributed by atoms with Crippen molar-refractivity contribution in [3.05, 3.63) is 107 Å². The second-order valence-electron chi connectivity index (χ2n) is 9.57. The molecule has 1 aliphatic heterocycles. The number of benzene rings is 3. The Kier molecular flexibility index (Phi) is 9.87. The van der Waals surface area contributed by atoms with E-state index in [2.05, 4.69) is 15.7 Å². The van der Waals surface area contributed by atoms with Crippen LogP contribution in [0, 0.1) is 6.92 Å². The highest BCUT2D eigenvalue weighted by molar-refractivity contribution is 6.29. The summed E-state index contributed by atoms with van der Waals surface area (Å²) < 4.78 is 40.7. The van der Waals surface area contributed by atoms with Crippen LogP contribution in [0.1, 0.15) is 34.1 Å². The van der Waals surface area contributed by atoms with Gasteiger partial charge in [0.1, 0.15) is 17.7 Å².